The van der Waals surface area contributed by atoms with Gasteiger partial charge in [0.1, 0.15) is 11.9 Å². The van der Waals surface area contributed by atoms with Gasteiger partial charge >= 0.3 is 31.5 Å². The van der Waals surface area contributed by atoms with E-state index in [2.05, 4.69) is 0 Å². The summed E-state index contributed by atoms with van der Waals surface area (Å²) in [6.07, 6.45) is 11.9. The Kier molecular flexibility index (Phi) is 24.5. The Hall–Kier alpha value is -2.73. The largest absolute Gasteiger partial charge is 0.481 e. The number of unbranched alkanes of at least 4 members (excludes halogenated alkanes) is 3. The van der Waals surface area contributed by atoms with Gasteiger partial charge in [-0.1, -0.05) is 46.5 Å². The fourth-order valence-electron chi connectivity index (χ4n) is 5.22. The molecule has 0 aromatic rings. The average Bonchev–Trinajstić information content (AvgIpc) is 3.06. The summed E-state index contributed by atoms with van der Waals surface area (Å²) in [7, 11) is -4.05. The van der Waals surface area contributed by atoms with Crippen LogP contribution >= 0.6 is 7.60 Å². The Morgan fingerprint density at radius 1 is 0.720 bits per heavy atom. The van der Waals surface area contributed by atoms with Crippen LogP contribution in [0.4, 0.5) is 0 Å². The predicted octanol–water partition coefficient (Wildman–Crippen LogP) is 3.76. The molecule has 0 aromatic carbocycles. The monoisotopic (exact) mass is 736 g/mol. The van der Waals surface area contributed by atoms with Crippen LogP contribution in [-0.4, -0.2) is 153 Å². The number of carboxylic acids is 1. The topological polar surface area (TPSA) is 165 Å². The van der Waals surface area contributed by atoms with Gasteiger partial charge in [0.2, 0.25) is 0 Å². The van der Waals surface area contributed by atoms with Gasteiger partial charge in [-0.25, -0.2) is 4.57 Å². The van der Waals surface area contributed by atoms with Gasteiger partial charge in [0, 0.05) is 61.6 Å². The third-order valence-electron chi connectivity index (χ3n) is 8.10. The van der Waals surface area contributed by atoms with Gasteiger partial charge in [-0.2, -0.15) is 0 Å². The molecule has 0 aromatic heterocycles. The van der Waals surface area contributed by atoms with Gasteiger partial charge in [-0.05, 0) is 32.6 Å². The molecule has 2 unspecified atom stereocenters. The van der Waals surface area contributed by atoms with E-state index in [1.807, 2.05) is 46.5 Å². The van der Waals surface area contributed by atoms with Crippen molar-refractivity contribution in [1.29, 1.82) is 0 Å². The predicted molar refractivity (Wildman–Crippen MR) is 193 cm³/mol. The Morgan fingerprint density at radius 3 is 1.42 bits per heavy atom. The van der Waals surface area contributed by atoms with Crippen molar-refractivity contribution in [2.75, 3.05) is 98.4 Å². The molecule has 0 radical (unpaired) electrons. The van der Waals surface area contributed by atoms with Crippen LogP contribution in [0.3, 0.4) is 0 Å². The number of hydrogen-bond acceptors (Lipinski definition) is 14. The minimum absolute atomic E-state index is 0. The lowest BCUT2D eigenvalue weighted by atomic mass is 10.2. The first-order chi connectivity index (χ1) is 24.0. The molecule has 1 aliphatic rings. The van der Waals surface area contributed by atoms with Crippen LogP contribution in [0.1, 0.15) is 81.9 Å². The van der Waals surface area contributed by atoms with Crippen LogP contribution in [0.25, 0.3) is 0 Å². The lowest BCUT2D eigenvalue weighted by Crippen LogP contribution is -2.50. The molecule has 1 heterocycles. The first-order valence-electron chi connectivity index (χ1n) is 18.0. The normalized spacial score (nSPS) is 17.7. The molecule has 0 spiro atoms. The quantitative estimate of drug-likeness (QED) is 0.0530. The van der Waals surface area contributed by atoms with E-state index in [9.17, 15) is 28.8 Å². The minimum Gasteiger partial charge on any atom is -0.481 e. The van der Waals surface area contributed by atoms with Crippen molar-refractivity contribution in [2.24, 2.45) is 0 Å². The lowest BCUT2D eigenvalue weighted by Gasteiger charge is -2.38. The molecular weight excluding hydrogens is 671 g/mol. The number of ether oxygens (including phenoxy) is 3. The molecule has 1 N–H and O–H groups in total. The Balaban J connectivity index is 0. The number of aliphatic carboxylic acids is 1. The molecule has 0 aliphatic carbocycles. The summed E-state index contributed by atoms with van der Waals surface area (Å²) in [5.41, 5.74) is 0. The van der Waals surface area contributed by atoms with Crippen molar-refractivity contribution in [1.82, 2.24) is 19.6 Å². The first-order valence-corrected chi connectivity index (χ1v) is 19.6. The van der Waals surface area contributed by atoms with Gasteiger partial charge in [0.05, 0.1) is 46.1 Å². The number of terminal acetylenes is 1. The van der Waals surface area contributed by atoms with E-state index in [1.165, 1.54) is 0 Å². The van der Waals surface area contributed by atoms with E-state index in [0.29, 0.717) is 59.1 Å². The van der Waals surface area contributed by atoms with Crippen LogP contribution in [-0.2, 0) is 47.0 Å². The first kappa shape index (κ1) is 45.3. The second kappa shape index (κ2) is 27.0. The molecule has 16 heteroatoms. The maximum atomic E-state index is 14.1. The molecule has 0 bridgehead atoms. The summed E-state index contributed by atoms with van der Waals surface area (Å²) in [6.45, 7) is 11.2. The third kappa shape index (κ3) is 19.6. The van der Waals surface area contributed by atoms with Crippen LogP contribution in [0, 0.1) is 12.5 Å². The highest BCUT2D eigenvalue weighted by molar-refractivity contribution is 7.54. The van der Waals surface area contributed by atoms with E-state index in [1.54, 1.807) is 6.92 Å². The molecule has 2 atom stereocenters. The number of nitrogens with zero attached hydrogens (tertiary/aromatic N) is 4. The standard InChI is InChI=1S/C34H61N4O11P.2H2/c1-6-11-24-45-32(41)27-35-16-18-36(28-33(42)46-25-12-7-2)20-22-38(23-21-37(19-17-35)29-34(43)47-26-13-8-3)30(14-15-31(39)40)50(44,48-9-4)49-10-5;;/h4,30H,6-8,10-29H2,1-3,5H3,(H,39,40);2*1H. The Bertz CT molecular complexity index is 1060. The number of hydrogen-bond donors (Lipinski definition) is 1. The number of carbonyl (C=O) groups excluding carboxylic acids is 3. The summed E-state index contributed by atoms with van der Waals surface area (Å²) in [6, 6.07) is 0. The summed E-state index contributed by atoms with van der Waals surface area (Å²) in [5, 5.41) is 9.56. The maximum Gasteiger partial charge on any atom is 0.404 e. The van der Waals surface area contributed by atoms with E-state index < -0.39 is 31.3 Å². The van der Waals surface area contributed by atoms with Crippen LogP contribution in [0.5, 0.6) is 0 Å². The van der Waals surface area contributed by atoms with Gasteiger partial charge in [0.25, 0.3) is 0 Å². The van der Waals surface area contributed by atoms with E-state index in [4.69, 9.17) is 29.7 Å². The Morgan fingerprint density at radius 2 is 1.10 bits per heavy atom. The summed E-state index contributed by atoms with van der Waals surface area (Å²) in [5.74, 6) is -3.26. The summed E-state index contributed by atoms with van der Waals surface area (Å²) in [4.78, 5) is 57.7. The molecule has 1 saturated heterocycles. The van der Waals surface area contributed by atoms with Crippen molar-refractivity contribution in [3.63, 3.8) is 0 Å². The molecule has 1 fully saturated rings. The van der Waals surface area contributed by atoms with E-state index in [-0.39, 0.29) is 61.0 Å². The molecule has 15 nitrogen and oxygen atoms in total. The second-order valence-electron chi connectivity index (χ2n) is 12.2. The van der Waals surface area contributed by atoms with E-state index >= 15 is 0 Å². The zero-order chi connectivity index (χ0) is 37.2. The van der Waals surface area contributed by atoms with Gasteiger partial charge in [0.15, 0.2) is 0 Å². The molecule has 0 saturated carbocycles. The SMILES string of the molecule is C#COP(=O)(OCC)C(CCC(=O)O)N1CCN(CC(=O)OCCCC)CCN(CC(=O)OCCCC)CCN(CC(=O)OCCCC)CC1.[HH].[HH]. The van der Waals surface area contributed by atoms with Crippen molar-refractivity contribution < 1.29 is 55.0 Å². The lowest BCUT2D eigenvalue weighted by molar-refractivity contribution is -0.147. The fraction of sp³-hybridized carbons (Fsp3) is 0.824. The average molecular weight is 737 g/mol. The number of carbonyl (C=O) groups is 4. The Labute approximate surface area is 301 Å². The highest BCUT2D eigenvalue weighted by Crippen LogP contribution is 2.55. The van der Waals surface area contributed by atoms with Gasteiger partial charge < -0.3 is 23.8 Å². The smallest absolute Gasteiger partial charge is 0.404 e. The van der Waals surface area contributed by atoms with Crippen molar-refractivity contribution in [3.05, 3.63) is 0 Å². The zero-order valence-electron chi connectivity index (χ0n) is 30.7. The summed E-state index contributed by atoms with van der Waals surface area (Å²) < 4.78 is 41.3. The number of rotatable bonds is 23. The van der Waals surface area contributed by atoms with Gasteiger partial charge in [-0.15, -0.1) is 0 Å². The third-order valence-corrected chi connectivity index (χ3v) is 10.4. The van der Waals surface area contributed by atoms with Crippen molar-refractivity contribution in [2.45, 2.75) is 84.8 Å². The molecular formula is C34H65N4O11P. The van der Waals surface area contributed by atoms with Crippen molar-refractivity contribution >= 4 is 31.5 Å². The van der Waals surface area contributed by atoms with Crippen LogP contribution in [0.2, 0.25) is 0 Å². The fourth-order valence-corrected chi connectivity index (χ4v) is 7.15. The second-order valence-corrected chi connectivity index (χ2v) is 14.3. The van der Waals surface area contributed by atoms with Crippen LogP contribution < -0.4 is 0 Å². The molecule has 0 amide bonds. The molecule has 292 valence electrons. The van der Waals surface area contributed by atoms with Gasteiger partial charge in [-0.3, -0.25) is 43.3 Å². The summed E-state index contributed by atoms with van der Waals surface area (Å²) >= 11 is 0. The van der Waals surface area contributed by atoms with Crippen LogP contribution in [0.15, 0.2) is 0 Å². The van der Waals surface area contributed by atoms with E-state index in [0.717, 1.165) is 38.5 Å². The molecule has 1 aliphatic heterocycles. The highest BCUT2D eigenvalue weighted by atomic mass is 31.2. The van der Waals surface area contributed by atoms with Crippen molar-refractivity contribution in [3.8, 4) is 12.5 Å². The molecule has 1 rings (SSSR count). The number of carboxylic acid groups (broad SMARTS) is 1. The zero-order valence-corrected chi connectivity index (χ0v) is 31.6. The number of esters is 3. The highest BCUT2D eigenvalue weighted by Gasteiger charge is 2.41. The maximum absolute atomic E-state index is 14.1. The molecule has 50 heavy (non-hydrogen) atoms. The minimum atomic E-state index is -4.05.